The van der Waals surface area contributed by atoms with Crippen LogP contribution in [0.4, 0.5) is 0 Å². The summed E-state index contributed by atoms with van der Waals surface area (Å²) in [7, 11) is 3.99. The van der Waals surface area contributed by atoms with Crippen molar-refractivity contribution in [2.75, 3.05) is 20.6 Å². The topological polar surface area (TPSA) is 49.5 Å². The lowest BCUT2D eigenvalue weighted by atomic mass is 9.99. The van der Waals surface area contributed by atoms with Gasteiger partial charge in [0.25, 0.3) is 0 Å². The Bertz CT molecular complexity index is 335. The summed E-state index contributed by atoms with van der Waals surface area (Å²) in [5.74, 6) is 0.377. The van der Waals surface area contributed by atoms with Gasteiger partial charge in [-0.25, -0.2) is 0 Å². The second-order valence-electron chi connectivity index (χ2n) is 4.12. The number of hydrogen-bond donors (Lipinski definition) is 2. The smallest absolute Gasteiger partial charge is 0.120 e. The quantitative estimate of drug-likeness (QED) is 0.783. The van der Waals surface area contributed by atoms with E-state index in [1.807, 2.05) is 32.0 Å². The molecule has 0 amide bonds. The fourth-order valence-corrected chi connectivity index (χ4v) is 1.73. The molecule has 0 aliphatic heterocycles. The van der Waals surface area contributed by atoms with Gasteiger partial charge in [-0.3, -0.25) is 0 Å². The summed E-state index contributed by atoms with van der Waals surface area (Å²) in [6.45, 7) is 3.45. The van der Waals surface area contributed by atoms with E-state index in [2.05, 4.69) is 0 Å². The summed E-state index contributed by atoms with van der Waals surface area (Å²) in [4.78, 5) is 2.05. The van der Waals surface area contributed by atoms with E-state index in [9.17, 15) is 5.11 Å². The summed E-state index contributed by atoms with van der Waals surface area (Å²) in [5.41, 5.74) is 8.94. The van der Waals surface area contributed by atoms with Crippen LogP contribution in [-0.4, -0.2) is 30.6 Å². The van der Waals surface area contributed by atoms with E-state index < -0.39 is 0 Å². The molecule has 1 rings (SSSR count). The van der Waals surface area contributed by atoms with Crippen molar-refractivity contribution < 1.29 is 5.11 Å². The van der Waals surface area contributed by atoms with E-state index in [1.165, 1.54) is 5.56 Å². The second-order valence-corrected chi connectivity index (χ2v) is 4.12. The van der Waals surface area contributed by atoms with Crippen molar-refractivity contribution in [3.8, 4) is 5.75 Å². The first-order valence-corrected chi connectivity index (χ1v) is 5.21. The molecule has 3 heteroatoms. The van der Waals surface area contributed by atoms with Gasteiger partial charge in [-0.2, -0.15) is 0 Å². The number of aromatic hydroxyl groups is 1. The van der Waals surface area contributed by atoms with Gasteiger partial charge in [-0.15, -0.1) is 0 Å². The standard InChI is InChI=1S/C12H20N2O/c1-9-10(6-7-13)4-5-12(15)11(9)8-14(2)3/h4-5,15H,6-8,13H2,1-3H3. The SMILES string of the molecule is Cc1c(CCN)ccc(O)c1CN(C)C. The molecule has 0 unspecified atom stereocenters. The Labute approximate surface area is 91.5 Å². The van der Waals surface area contributed by atoms with Gasteiger partial charge < -0.3 is 15.7 Å². The molecule has 3 N–H and O–H groups in total. The Morgan fingerprint density at radius 2 is 2.00 bits per heavy atom. The van der Waals surface area contributed by atoms with E-state index in [1.54, 1.807) is 6.07 Å². The molecule has 84 valence electrons. The molecular weight excluding hydrogens is 188 g/mol. The van der Waals surface area contributed by atoms with Crippen molar-refractivity contribution in [2.24, 2.45) is 5.73 Å². The zero-order valence-electron chi connectivity index (χ0n) is 9.75. The number of phenols is 1. The monoisotopic (exact) mass is 208 g/mol. The minimum absolute atomic E-state index is 0.377. The van der Waals surface area contributed by atoms with Gasteiger partial charge in [0.15, 0.2) is 0 Å². The van der Waals surface area contributed by atoms with Crippen LogP contribution >= 0.6 is 0 Å². The van der Waals surface area contributed by atoms with E-state index >= 15 is 0 Å². The Balaban J connectivity index is 3.06. The predicted octanol–water partition coefficient (Wildman–Crippen LogP) is 1.26. The second kappa shape index (κ2) is 5.14. The number of nitrogens with two attached hydrogens (primary N) is 1. The molecule has 3 nitrogen and oxygen atoms in total. The van der Waals surface area contributed by atoms with E-state index in [-0.39, 0.29) is 0 Å². The highest BCUT2D eigenvalue weighted by Crippen LogP contribution is 2.25. The zero-order valence-corrected chi connectivity index (χ0v) is 9.75. The average molecular weight is 208 g/mol. The van der Waals surface area contributed by atoms with Crippen molar-refractivity contribution >= 4 is 0 Å². The Morgan fingerprint density at radius 3 is 2.53 bits per heavy atom. The van der Waals surface area contributed by atoms with Crippen molar-refractivity contribution in [1.82, 2.24) is 4.90 Å². The highest BCUT2D eigenvalue weighted by atomic mass is 16.3. The summed E-state index contributed by atoms with van der Waals surface area (Å²) in [6.07, 6.45) is 0.868. The molecule has 0 aliphatic rings. The summed E-state index contributed by atoms with van der Waals surface area (Å²) < 4.78 is 0. The minimum Gasteiger partial charge on any atom is -0.508 e. The highest BCUT2D eigenvalue weighted by molar-refractivity contribution is 5.43. The van der Waals surface area contributed by atoms with Crippen LogP contribution in [0.2, 0.25) is 0 Å². The number of phenolic OH excluding ortho intramolecular Hbond substituents is 1. The molecular formula is C12H20N2O. The van der Waals surface area contributed by atoms with Gasteiger partial charge in [-0.1, -0.05) is 6.07 Å². The van der Waals surface area contributed by atoms with Crippen LogP contribution in [-0.2, 0) is 13.0 Å². The van der Waals surface area contributed by atoms with Gasteiger partial charge >= 0.3 is 0 Å². The molecule has 0 fully saturated rings. The fraction of sp³-hybridized carbons (Fsp3) is 0.500. The van der Waals surface area contributed by atoms with E-state index in [4.69, 9.17) is 5.73 Å². The number of nitrogens with zero attached hydrogens (tertiary/aromatic N) is 1. The maximum Gasteiger partial charge on any atom is 0.120 e. The van der Waals surface area contributed by atoms with Crippen molar-refractivity contribution in [3.05, 3.63) is 28.8 Å². The summed E-state index contributed by atoms with van der Waals surface area (Å²) >= 11 is 0. The van der Waals surface area contributed by atoms with Crippen LogP contribution in [0.1, 0.15) is 16.7 Å². The van der Waals surface area contributed by atoms with Crippen LogP contribution in [0.3, 0.4) is 0 Å². The molecule has 0 atom stereocenters. The fourth-order valence-electron chi connectivity index (χ4n) is 1.73. The van der Waals surface area contributed by atoms with E-state index in [0.717, 1.165) is 24.1 Å². The molecule has 0 radical (unpaired) electrons. The lowest BCUT2D eigenvalue weighted by molar-refractivity contribution is 0.384. The minimum atomic E-state index is 0.377. The molecule has 1 aromatic rings. The first-order valence-electron chi connectivity index (χ1n) is 5.21. The highest BCUT2D eigenvalue weighted by Gasteiger charge is 2.09. The van der Waals surface area contributed by atoms with Crippen molar-refractivity contribution in [3.63, 3.8) is 0 Å². The first kappa shape index (κ1) is 12.0. The molecule has 0 bridgehead atoms. The predicted molar refractivity (Wildman–Crippen MR) is 63.0 cm³/mol. The molecule has 15 heavy (non-hydrogen) atoms. The van der Waals surface area contributed by atoms with Crippen LogP contribution in [0.5, 0.6) is 5.75 Å². The summed E-state index contributed by atoms with van der Waals surface area (Å²) in [5, 5.41) is 9.77. The maximum absolute atomic E-state index is 9.77. The van der Waals surface area contributed by atoms with Gasteiger partial charge in [0.2, 0.25) is 0 Å². The Hall–Kier alpha value is -1.06. The molecule has 0 aliphatic carbocycles. The molecule has 0 heterocycles. The van der Waals surface area contributed by atoms with Crippen LogP contribution in [0, 0.1) is 6.92 Å². The molecule has 0 saturated carbocycles. The van der Waals surface area contributed by atoms with Gasteiger partial charge in [0, 0.05) is 12.1 Å². The average Bonchev–Trinajstić information content (AvgIpc) is 2.17. The first-order chi connectivity index (χ1) is 7.06. The number of rotatable bonds is 4. The Morgan fingerprint density at radius 1 is 1.33 bits per heavy atom. The molecule has 0 saturated heterocycles. The Kier molecular flexibility index (Phi) is 4.12. The van der Waals surface area contributed by atoms with Gasteiger partial charge in [-0.05, 0) is 51.2 Å². The van der Waals surface area contributed by atoms with Crippen LogP contribution in [0.15, 0.2) is 12.1 Å². The zero-order chi connectivity index (χ0) is 11.4. The van der Waals surface area contributed by atoms with Gasteiger partial charge in [0.05, 0.1) is 0 Å². The summed E-state index contributed by atoms with van der Waals surface area (Å²) in [6, 6.07) is 3.72. The third kappa shape index (κ3) is 2.94. The number of hydrogen-bond acceptors (Lipinski definition) is 3. The van der Waals surface area contributed by atoms with Crippen molar-refractivity contribution in [1.29, 1.82) is 0 Å². The lowest BCUT2D eigenvalue weighted by Crippen LogP contribution is -2.13. The third-order valence-corrected chi connectivity index (χ3v) is 2.57. The molecule has 0 aromatic heterocycles. The van der Waals surface area contributed by atoms with Gasteiger partial charge in [0.1, 0.15) is 5.75 Å². The van der Waals surface area contributed by atoms with Crippen LogP contribution < -0.4 is 5.73 Å². The molecule has 0 spiro atoms. The van der Waals surface area contributed by atoms with Crippen LogP contribution in [0.25, 0.3) is 0 Å². The van der Waals surface area contributed by atoms with E-state index in [0.29, 0.717) is 12.3 Å². The third-order valence-electron chi connectivity index (χ3n) is 2.57. The molecule has 1 aromatic carbocycles. The lowest BCUT2D eigenvalue weighted by Gasteiger charge is -2.16. The largest absolute Gasteiger partial charge is 0.508 e. The normalized spacial score (nSPS) is 11.0. The number of benzene rings is 1. The maximum atomic E-state index is 9.77. The van der Waals surface area contributed by atoms with Crippen molar-refractivity contribution in [2.45, 2.75) is 19.9 Å².